The van der Waals surface area contributed by atoms with Gasteiger partial charge in [0.25, 0.3) is 0 Å². The molecule has 0 saturated heterocycles. The Bertz CT molecular complexity index is 1210. The van der Waals surface area contributed by atoms with Gasteiger partial charge in [0.1, 0.15) is 0 Å². The van der Waals surface area contributed by atoms with Crippen molar-refractivity contribution in [2.45, 2.75) is 26.2 Å². The molecule has 0 unspecified atom stereocenters. The van der Waals surface area contributed by atoms with E-state index in [4.69, 9.17) is 0 Å². The summed E-state index contributed by atoms with van der Waals surface area (Å²) in [4.78, 5) is 0. The predicted octanol–water partition coefficient (Wildman–Crippen LogP) is 7.70. The first-order valence-electron chi connectivity index (χ1n) is 10.6. The Morgan fingerprint density at radius 2 is 1.17 bits per heavy atom. The number of fused-ring (bicyclic) bond motifs is 3. The van der Waals surface area contributed by atoms with Gasteiger partial charge in [-0.15, -0.1) is 0 Å². The molecule has 0 N–H and O–H groups in total. The van der Waals surface area contributed by atoms with Crippen LogP contribution in [0.3, 0.4) is 0 Å². The van der Waals surface area contributed by atoms with Crippen molar-refractivity contribution in [2.75, 3.05) is 0 Å². The molecule has 0 fully saturated rings. The molecule has 0 atom stereocenters. The molecule has 0 amide bonds. The Balaban J connectivity index is 1.95. The topological polar surface area (TPSA) is 0 Å². The Morgan fingerprint density at radius 1 is 0.633 bits per heavy atom. The third-order valence-electron chi connectivity index (χ3n) is 6.51. The van der Waals surface area contributed by atoms with E-state index in [-0.39, 0.29) is 5.41 Å². The lowest BCUT2D eigenvalue weighted by Gasteiger charge is -2.34. The van der Waals surface area contributed by atoms with Gasteiger partial charge < -0.3 is 0 Å². The van der Waals surface area contributed by atoms with E-state index in [1.165, 1.54) is 50.1 Å². The minimum Gasteiger partial charge on any atom is -0.0955 e. The molecule has 0 heteroatoms. The van der Waals surface area contributed by atoms with Crippen molar-refractivity contribution in [1.82, 2.24) is 0 Å². The molecular weight excluding hydrogens is 360 g/mol. The Hall–Kier alpha value is -3.38. The van der Waals surface area contributed by atoms with Gasteiger partial charge in [0.05, 0.1) is 5.41 Å². The molecule has 0 bridgehead atoms. The van der Waals surface area contributed by atoms with Gasteiger partial charge in [0, 0.05) is 0 Å². The summed E-state index contributed by atoms with van der Waals surface area (Å²) in [5.41, 5.74) is 12.5. The fourth-order valence-electron chi connectivity index (χ4n) is 4.94. The molecule has 0 nitrogen and oxygen atoms in total. The maximum Gasteiger partial charge on any atom is 0.0713 e. The molecule has 0 radical (unpaired) electrons. The van der Waals surface area contributed by atoms with Crippen molar-refractivity contribution < 1.29 is 0 Å². The van der Waals surface area contributed by atoms with Crippen LogP contribution in [0.5, 0.6) is 0 Å². The minimum atomic E-state index is -0.335. The van der Waals surface area contributed by atoms with E-state index in [0.29, 0.717) is 0 Å². The number of allylic oxidation sites excluding steroid dienone is 1. The van der Waals surface area contributed by atoms with Gasteiger partial charge >= 0.3 is 0 Å². The van der Waals surface area contributed by atoms with Crippen molar-refractivity contribution >= 4 is 5.57 Å². The Morgan fingerprint density at radius 3 is 1.73 bits per heavy atom. The van der Waals surface area contributed by atoms with Gasteiger partial charge in [-0.2, -0.15) is 0 Å². The van der Waals surface area contributed by atoms with Crippen LogP contribution in [0.1, 0.15) is 45.9 Å². The first kappa shape index (κ1) is 18.6. The average molecular weight is 387 g/mol. The minimum absolute atomic E-state index is 0.335. The summed E-state index contributed by atoms with van der Waals surface area (Å²) in [6, 6.07) is 33.8. The van der Waals surface area contributed by atoms with Gasteiger partial charge in [-0.25, -0.2) is 0 Å². The number of benzene rings is 4. The van der Waals surface area contributed by atoms with Crippen LogP contribution < -0.4 is 0 Å². The van der Waals surface area contributed by atoms with Crippen LogP contribution >= 0.6 is 0 Å². The van der Waals surface area contributed by atoms with Crippen LogP contribution in [0, 0.1) is 13.8 Å². The second-order valence-corrected chi connectivity index (χ2v) is 8.57. The van der Waals surface area contributed by atoms with E-state index >= 15 is 0 Å². The third-order valence-corrected chi connectivity index (χ3v) is 6.51. The van der Waals surface area contributed by atoms with Crippen LogP contribution in [-0.2, 0) is 5.41 Å². The van der Waals surface area contributed by atoms with Crippen LogP contribution in [0.4, 0.5) is 0 Å². The standard InChI is InChI=1S/C30H26/c1-20(2)23-13-18-27-26-7-5-6-8-28(26)30(29(27)19-23,24-14-9-21(3)10-15-24)25-16-11-22(4)12-17-25/h5-19H,1H2,2-4H3. The zero-order valence-electron chi connectivity index (χ0n) is 17.9. The summed E-state index contributed by atoms with van der Waals surface area (Å²) >= 11 is 0. The summed E-state index contributed by atoms with van der Waals surface area (Å²) in [6.45, 7) is 10.6. The highest BCUT2D eigenvalue weighted by atomic mass is 14.5. The lowest BCUT2D eigenvalue weighted by Crippen LogP contribution is -2.28. The fraction of sp³-hybridized carbons (Fsp3) is 0.133. The number of hydrogen-bond acceptors (Lipinski definition) is 0. The molecule has 0 spiro atoms. The highest BCUT2D eigenvalue weighted by Crippen LogP contribution is 2.56. The lowest BCUT2D eigenvalue weighted by molar-refractivity contribution is 0.767. The summed E-state index contributed by atoms with van der Waals surface area (Å²) < 4.78 is 0. The van der Waals surface area contributed by atoms with E-state index in [9.17, 15) is 0 Å². The van der Waals surface area contributed by atoms with Gasteiger partial charge in [0.15, 0.2) is 0 Å². The van der Waals surface area contributed by atoms with Crippen molar-refractivity contribution in [1.29, 1.82) is 0 Å². The molecule has 0 heterocycles. The summed E-state index contributed by atoms with van der Waals surface area (Å²) in [7, 11) is 0. The van der Waals surface area contributed by atoms with Crippen LogP contribution in [0.2, 0.25) is 0 Å². The SMILES string of the molecule is C=C(C)c1ccc2c(c1)C(c1ccc(C)cc1)(c1ccc(C)cc1)c1ccccc1-2. The zero-order valence-corrected chi connectivity index (χ0v) is 17.9. The summed E-state index contributed by atoms with van der Waals surface area (Å²) in [5, 5.41) is 0. The largest absolute Gasteiger partial charge is 0.0955 e. The van der Waals surface area contributed by atoms with Gasteiger partial charge in [-0.3, -0.25) is 0 Å². The number of rotatable bonds is 3. The quantitative estimate of drug-likeness (QED) is 0.298. The van der Waals surface area contributed by atoms with Crippen molar-refractivity contribution in [3.8, 4) is 11.1 Å². The first-order valence-corrected chi connectivity index (χ1v) is 10.6. The molecule has 30 heavy (non-hydrogen) atoms. The van der Waals surface area contributed by atoms with E-state index < -0.39 is 0 Å². The molecule has 4 aromatic carbocycles. The molecular formula is C30H26. The highest BCUT2D eigenvalue weighted by molar-refractivity contribution is 5.87. The van der Waals surface area contributed by atoms with Gasteiger partial charge in [-0.1, -0.05) is 108 Å². The van der Waals surface area contributed by atoms with E-state index in [2.05, 4.69) is 118 Å². The molecule has 0 aromatic heterocycles. The van der Waals surface area contributed by atoms with E-state index in [1.54, 1.807) is 0 Å². The highest BCUT2D eigenvalue weighted by Gasteiger charge is 2.46. The van der Waals surface area contributed by atoms with E-state index in [1.807, 2.05) is 0 Å². The number of aryl methyl sites for hydroxylation is 2. The van der Waals surface area contributed by atoms with Crippen molar-refractivity contribution in [2.24, 2.45) is 0 Å². The fourth-order valence-corrected chi connectivity index (χ4v) is 4.94. The maximum atomic E-state index is 4.22. The number of hydrogen-bond donors (Lipinski definition) is 0. The first-order chi connectivity index (χ1) is 14.5. The second-order valence-electron chi connectivity index (χ2n) is 8.57. The maximum absolute atomic E-state index is 4.22. The second kappa shape index (κ2) is 6.85. The molecule has 146 valence electrons. The average Bonchev–Trinajstić information content (AvgIpc) is 3.05. The summed E-state index contributed by atoms with van der Waals surface area (Å²) in [5.74, 6) is 0. The van der Waals surface area contributed by atoms with Crippen molar-refractivity contribution in [3.63, 3.8) is 0 Å². The lowest BCUT2D eigenvalue weighted by atomic mass is 9.67. The molecule has 1 aliphatic rings. The smallest absolute Gasteiger partial charge is 0.0713 e. The Kier molecular flexibility index (Phi) is 4.25. The van der Waals surface area contributed by atoms with Crippen LogP contribution in [-0.4, -0.2) is 0 Å². The summed E-state index contributed by atoms with van der Waals surface area (Å²) in [6.07, 6.45) is 0. The molecule has 5 rings (SSSR count). The van der Waals surface area contributed by atoms with Gasteiger partial charge in [0.2, 0.25) is 0 Å². The molecule has 0 saturated carbocycles. The zero-order chi connectivity index (χ0) is 20.9. The molecule has 4 aromatic rings. The van der Waals surface area contributed by atoms with Crippen LogP contribution in [0.25, 0.3) is 16.7 Å². The van der Waals surface area contributed by atoms with E-state index in [0.717, 1.165) is 5.57 Å². The Labute approximate surface area is 179 Å². The third kappa shape index (κ3) is 2.60. The van der Waals surface area contributed by atoms with Crippen molar-refractivity contribution in [3.05, 3.63) is 137 Å². The monoisotopic (exact) mass is 386 g/mol. The van der Waals surface area contributed by atoms with Gasteiger partial charge in [-0.05, 0) is 65.8 Å². The normalized spacial score (nSPS) is 13.6. The predicted molar refractivity (Wildman–Crippen MR) is 128 cm³/mol. The van der Waals surface area contributed by atoms with Crippen LogP contribution in [0.15, 0.2) is 97.6 Å². The molecule has 1 aliphatic carbocycles. The molecule has 0 aliphatic heterocycles.